The first-order valence-electron chi connectivity index (χ1n) is 9.55. The molecule has 1 aromatic carbocycles. The molecule has 0 saturated heterocycles. The molecule has 1 aromatic rings. The maximum Gasteiger partial charge on any atom is 0.224 e. The maximum absolute atomic E-state index is 12.1. The van der Waals surface area contributed by atoms with E-state index in [-0.39, 0.29) is 36.0 Å². The summed E-state index contributed by atoms with van der Waals surface area (Å²) >= 11 is 0. The number of aliphatic imine (C=N–C) groups is 1. The van der Waals surface area contributed by atoms with Gasteiger partial charge < -0.3 is 20.3 Å². The molecule has 154 valence electrons. The van der Waals surface area contributed by atoms with E-state index in [1.807, 2.05) is 63.8 Å². The van der Waals surface area contributed by atoms with Gasteiger partial charge in [-0.1, -0.05) is 12.1 Å². The van der Waals surface area contributed by atoms with Crippen molar-refractivity contribution >= 4 is 35.8 Å². The third-order valence-electron chi connectivity index (χ3n) is 3.78. The molecule has 0 heterocycles. The van der Waals surface area contributed by atoms with Gasteiger partial charge in [-0.2, -0.15) is 0 Å². The van der Waals surface area contributed by atoms with E-state index >= 15 is 0 Å². The lowest BCUT2D eigenvalue weighted by Gasteiger charge is -2.19. The zero-order valence-electron chi connectivity index (χ0n) is 17.2. The summed E-state index contributed by atoms with van der Waals surface area (Å²) in [6.07, 6.45) is 0.611. The summed E-state index contributed by atoms with van der Waals surface area (Å²) < 4.78 is 5.72. The van der Waals surface area contributed by atoms with Crippen molar-refractivity contribution in [2.45, 2.75) is 53.7 Å². The van der Waals surface area contributed by atoms with Crippen molar-refractivity contribution in [3.8, 4) is 5.75 Å². The molecule has 27 heavy (non-hydrogen) atoms. The Morgan fingerprint density at radius 2 is 1.89 bits per heavy atom. The van der Waals surface area contributed by atoms with Crippen LogP contribution in [-0.2, 0) is 11.3 Å². The highest BCUT2D eigenvalue weighted by Crippen LogP contribution is 2.15. The molecule has 0 radical (unpaired) electrons. The average molecular weight is 490 g/mol. The molecule has 0 aliphatic rings. The second kappa shape index (κ2) is 14.5. The molecule has 7 heteroatoms. The van der Waals surface area contributed by atoms with Gasteiger partial charge in [0.05, 0.1) is 12.6 Å². The monoisotopic (exact) mass is 490 g/mol. The summed E-state index contributed by atoms with van der Waals surface area (Å²) in [5.41, 5.74) is 1.08. The molecule has 0 aromatic heterocycles. The summed E-state index contributed by atoms with van der Waals surface area (Å²) in [7, 11) is 0. The van der Waals surface area contributed by atoms with Crippen LogP contribution in [0.4, 0.5) is 0 Å². The number of guanidine groups is 1. The zero-order chi connectivity index (χ0) is 19.4. The van der Waals surface area contributed by atoms with Crippen molar-refractivity contribution in [1.82, 2.24) is 15.5 Å². The van der Waals surface area contributed by atoms with Crippen LogP contribution in [0.2, 0.25) is 0 Å². The number of nitrogens with zero attached hydrogens (tertiary/aromatic N) is 2. The van der Waals surface area contributed by atoms with E-state index in [0.717, 1.165) is 36.9 Å². The van der Waals surface area contributed by atoms with Gasteiger partial charge in [0.1, 0.15) is 5.75 Å². The Kier molecular flexibility index (Phi) is 13.7. The first-order chi connectivity index (χ1) is 12.5. The zero-order valence-corrected chi connectivity index (χ0v) is 19.6. The number of nitrogens with one attached hydrogen (secondary N) is 2. The van der Waals surface area contributed by atoms with Crippen molar-refractivity contribution in [2.24, 2.45) is 4.99 Å². The number of carbonyl (C=O) groups excluding carboxylic acids is 1. The highest BCUT2D eigenvalue weighted by atomic mass is 127. The number of rotatable bonds is 10. The van der Waals surface area contributed by atoms with Crippen LogP contribution in [0, 0.1) is 0 Å². The van der Waals surface area contributed by atoms with Crippen LogP contribution in [0.3, 0.4) is 0 Å². The van der Waals surface area contributed by atoms with Crippen LogP contribution >= 0.6 is 24.0 Å². The lowest BCUT2D eigenvalue weighted by atomic mass is 10.2. The Morgan fingerprint density at radius 3 is 2.48 bits per heavy atom. The summed E-state index contributed by atoms with van der Waals surface area (Å²) in [5, 5.41) is 6.45. The second-order valence-electron chi connectivity index (χ2n) is 6.25. The van der Waals surface area contributed by atoms with Crippen LogP contribution in [0.15, 0.2) is 29.3 Å². The molecule has 2 N–H and O–H groups in total. The van der Waals surface area contributed by atoms with E-state index in [0.29, 0.717) is 19.5 Å². The Labute approximate surface area is 181 Å². The largest absolute Gasteiger partial charge is 0.491 e. The molecular formula is C20H35IN4O2. The number of hydrogen-bond donors (Lipinski definition) is 2. The molecule has 0 saturated carbocycles. The van der Waals surface area contributed by atoms with E-state index in [9.17, 15) is 4.79 Å². The minimum absolute atomic E-state index is 0. The van der Waals surface area contributed by atoms with Gasteiger partial charge in [-0.05, 0) is 52.3 Å². The van der Waals surface area contributed by atoms with E-state index in [1.54, 1.807) is 0 Å². The average Bonchev–Trinajstić information content (AvgIpc) is 2.60. The maximum atomic E-state index is 12.1. The van der Waals surface area contributed by atoms with E-state index in [1.165, 1.54) is 0 Å². The SMILES string of the molecule is CCNC(=NCc1cccc(OC(C)C)c1)NCCC(=O)N(CC)CC.I. The predicted molar refractivity (Wildman–Crippen MR) is 123 cm³/mol. The summed E-state index contributed by atoms with van der Waals surface area (Å²) in [6, 6.07) is 7.97. The number of halogens is 1. The van der Waals surface area contributed by atoms with Gasteiger partial charge in [-0.3, -0.25) is 4.79 Å². The van der Waals surface area contributed by atoms with E-state index in [2.05, 4.69) is 15.6 Å². The van der Waals surface area contributed by atoms with Gasteiger partial charge in [0, 0.05) is 32.6 Å². The smallest absolute Gasteiger partial charge is 0.224 e. The fourth-order valence-electron chi connectivity index (χ4n) is 2.52. The molecule has 1 rings (SSSR count). The normalized spacial score (nSPS) is 11.0. The van der Waals surface area contributed by atoms with Gasteiger partial charge in [0.2, 0.25) is 5.91 Å². The van der Waals surface area contributed by atoms with Crippen LogP contribution in [0.25, 0.3) is 0 Å². The lowest BCUT2D eigenvalue weighted by molar-refractivity contribution is -0.130. The number of carbonyl (C=O) groups is 1. The Balaban J connectivity index is 0.00000676. The van der Waals surface area contributed by atoms with Crippen LogP contribution < -0.4 is 15.4 Å². The molecule has 0 aliphatic carbocycles. The van der Waals surface area contributed by atoms with Crippen molar-refractivity contribution < 1.29 is 9.53 Å². The highest BCUT2D eigenvalue weighted by molar-refractivity contribution is 14.0. The quantitative estimate of drug-likeness (QED) is 0.300. The predicted octanol–water partition coefficient (Wildman–Crippen LogP) is 3.41. The Morgan fingerprint density at radius 1 is 1.19 bits per heavy atom. The van der Waals surface area contributed by atoms with Crippen molar-refractivity contribution in [1.29, 1.82) is 0 Å². The fourth-order valence-corrected chi connectivity index (χ4v) is 2.52. The lowest BCUT2D eigenvalue weighted by Crippen LogP contribution is -2.40. The minimum Gasteiger partial charge on any atom is -0.491 e. The van der Waals surface area contributed by atoms with Gasteiger partial charge in [-0.25, -0.2) is 4.99 Å². The summed E-state index contributed by atoms with van der Waals surface area (Å²) in [5.74, 6) is 1.74. The van der Waals surface area contributed by atoms with Crippen LogP contribution in [-0.4, -0.2) is 49.0 Å². The minimum atomic E-state index is 0. The molecule has 1 amide bonds. The first kappa shape index (κ1) is 25.5. The van der Waals surface area contributed by atoms with E-state index < -0.39 is 0 Å². The highest BCUT2D eigenvalue weighted by Gasteiger charge is 2.09. The molecule has 0 atom stereocenters. The molecule has 0 spiro atoms. The molecule has 0 bridgehead atoms. The fraction of sp³-hybridized carbons (Fsp3) is 0.600. The van der Waals surface area contributed by atoms with E-state index in [4.69, 9.17) is 4.74 Å². The second-order valence-corrected chi connectivity index (χ2v) is 6.25. The summed E-state index contributed by atoms with van der Waals surface area (Å²) in [4.78, 5) is 18.5. The van der Waals surface area contributed by atoms with Crippen LogP contribution in [0.1, 0.15) is 46.6 Å². The number of ether oxygens (including phenoxy) is 1. The van der Waals surface area contributed by atoms with Crippen molar-refractivity contribution in [2.75, 3.05) is 26.2 Å². The van der Waals surface area contributed by atoms with Gasteiger partial charge in [-0.15, -0.1) is 24.0 Å². The molecule has 0 unspecified atom stereocenters. The molecule has 0 aliphatic heterocycles. The van der Waals surface area contributed by atoms with Crippen molar-refractivity contribution in [3.63, 3.8) is 0 Å². The molecule has 6 nitrogen and oxygen atoms in total. The topological polar surface area (TPSA) is 66.0 Å². The Hall–Kier alpha value is -1.51. The van der Waals surface area contributed by atoms with Crippen molar-refractivity contribution in [3.05, 3.63) is 29.8 Å². The first-order valence-corrected chi connectivity index (χ1v) is 9.55. The Bertz CT molecular complexity index is 575. The number of amides is 1. The number of hydrogen-bond acceptors (Lipinski definition) is 3. The van der Waals surface area contributed by atoms with Gasteiger partial charge in [0.25, 0.3) is 0 Å². The third-order valence-corrected chi connectivity index (χ3v) is 3.78. The van der Waals surface area contributed by atoms with Gasteiger partial charge in [0.15, 0.2) is 5.96 Å². The van der Waals surface area contributed by atoms with Gasteiger partial charge >= 0.3 is 0 Å². The standard InChI is InChI=1S/C20H34N4O2.HI/c1-6-21-20(22-13-12-19(25)24(7-2)8-3)23-15-17-10-9-11-18(14-17)26-16(4)5;/h9-11,14,16H,6-8,12-13,15H2,1-5H3,(H2,21,22,23);1H. The summed E-state index contributed by atoms with van der Waals surface area (Å²) in [6.45, 7) is 13.4. The molecule has 0 fully saturated rings. The van der Waals surface area contributed by atoms with Crippen LogP contribution in [0.5, 0.6) is 5.75 Å². The third kappa shape index (κ3) is 10.4. The molecular weight excluding hydrogens is 455 g/mol. The number of benzene rings is 1.